The van der Waals surface area contributed by atoms with E-state index in [9.17, 15) is 14.4 Å². The molecule has 1 saturated carbocycles. The van der Waals surface area contributed by atoms with Crippen molar-refractivity contribution in [3.05, 3.63) is 0 Å². The SMILES string of the molecule is CC1CCN(C(=O)C(NC(=O)NC(CN(C)SN(C)C)C(C)(C)C)C2CCCCC2)C1C=O. The van der Waals surface area contributed by atoms with Crippen LogP contribution in [0.5, 0.6) is 0 Å². The van der Waals surface area contributed by atoms with E-state index < -0.39 is 12.1 Å². The average molecular weight is 484 g/mol. The second-order valence-electron chi connectivity index (χ2n) is 11.0. The fraction of sp³-hybridized carbons (Fsp3) is 0.875. The van der Waals surface area contributed by atoms with E-state index >= 15 is 0 Å². The number of rotatable bonds is 9. The zero-order chi connectivity index (χ0) is 24.8. The summed E-state index contributed by atoms with van der Waals surface area (Å²) in [4.78, 5) is 40.2. The predicted molar refractivity (Wildman–Crippen MR) is 135 cm³/mol. The van der Waals surface area contributed by atoms with Gasteiger partial charge >= 0.3 is 6.03 Å². The third-order valence-electron chi connectivity index (χ3n) is 6.96. The van der Waals surface area contributed by atoms with E-state index in [1.165, 1.54) is 6.42 Å². The van der Waals surface area contributed by atoms with Gasteiger partial charge in [-0.3, -0.25) is 4.79 Å². The second-order valence-corrected chi connectivity index (χ2v) is 12.6. The molecule has 8 nitrogen and oxygen atoms in total. The predicted octanol–water partition coefficient (Wildman–Crippen LogP) is 3.14. The number of nitrogens with one attached hydrogen (secondary N) is 2. The molecule has 1 aliphatic heterocycles. The number of amides is 3. The van der Waals surface area contributed by atoms with Gasteiger partial charge in [-0.05, 0) is 57.7 Å². The Morgan fingerprint density at radius 2 is 1.73 bits per heavy atom. The lowest BCUT2D eigenvalue weighted by Crippen LogP contribution is -2.59. The zero-order valence-electron chi connectivity index (χ0n) is 21.6. The van der Waals surface area contributed by atoms with E-state index in [-0.39, 0.29) is 35.2 Å². The highest BCUT2D eigenvalue weighted by atomic mass is 32.2. The van der Waals surface area contributed by atoms with Crippen molar-refractivity contribution < 1.29 is 14.4 Å². The van der Waals surface area contributed by atoms with Gasteiger partial charge in [-0.2, -0.15) is 0 Å². The van der Waals surface area contributed by atoms with Crippen LogP contribution in [0.1, 0.15) is 66.2 Å². The molecule has 0 aromatic carbocycles. The number of nitrogens with zero attached hydrogens (tertiary/aromatic N) is 3. The van der Waals surface area contributed by atoms with E-state index in [0.717, 1.165) is 38.4 Å². The number of likely N-dealkylation sites (tertiary alicyclic amines) is 1. The first kappa shape index (κ1) is 27.9. The van der Waals surface area contributed by atoms with Crippen LogP contribution in [0.4, 0.5) is 4.79 Å². The molecule has 0 bridgehead atoms. The van der Waals surface area contributed by atoms with Crippen LogP contribution in [-0.4, -0.2) is 84.1 Å². The number of aldehydes is 1. The first-order valence-corrected chi connectivity index (χ1v) is 13.1. The molecule has 9 heteroatoms. The van der Waals surface area contributed by atoms with Crippen LogP contribution in [0.3, 0.4) is 0 Å². The number of urea groups is 1. The number of hydrogen-bond donors (Lipinski definition) is 2. The molecule has 0 radical (unpaired) electrons. The molecule has 0 spiro atoms. The Balaban J connectivity index is 2.14. The van der Waals surface area contributed by atoms with Crippen molar-refractivity contribution >= 4 is 30.4 Å². The largest absolute Gasteiger partial charge is 0.334 e. The third-order valence-corrected chi connectivity index (χ3v) is 7.71. The number of carbonyl (C=O) groups is 3. The summed E-state index contributed by atoms with van der Waals surface area (Å²) < 4.78 is 4.11. The molecule has 3 amide bonds. The Morgan fingerprint density at radius 1 is 1.09 bits per heavy atom. The Morgan fingerprint density at radius 3 is 2.27 bits per heavy atom. The third kappa shape index (κ3) is 8.14. The minimum Gasteiger partial charge on any atom is -0.334 e. The second kappa shape index (κ2) is 12.4. The maximum Gasteiger partial charge on any atom is 0.315 e. The van der Waals surface area contributed by atoms with Gasteiger partial charge in [0.05, 0.1) is 6.04 Å². The molecule has 2 rings (SSSR count). The van der Waals surface area contributed by atoms with E-state index in [1.54, 1.807) is 17.0 Å². The molecule has 190 valence electrons. The standard InChI is InChI=1S/C24H45N5O3S/c1-17-13-14-29(19(17)16-30)22(31)21(18-11-9-8-10-12-18)26-23(32)25-20(24(2,3)4)15-28(7)33-27(5)6/h16-21H,8-15H2,1-7H3,(H2,25,26,32). The zero-order valence-corrected chi connectivity index (χ0v) is 22.4. The van der Waals surface area contributed by atoms with Gasteiger partial charge in [-0.15, -0.1) is 0 Å². The van der Waals surface area contributed by atoms with E-state index in [1.807, 2.05) is 32.4 Å². The van der Waals surface area contributed by atoms with E-state index in [2.05, 4.69) is 35.7 Å². The molecule has 1 heterocycles. The molecule has 1 aliphatic carbocycles. The summed E-state index contributed by atoms with van der Waals surface area (Å²) in [5, 5.41) is 6.19. The van der Waals surface area contributed by atoms with Gasteiger partial charge in [0, 0.05) is 31.3 Å². The smallest absolute Gasteiger partial charge is 0.315 e. The monoisotopic (exact) mass is 483 g/mol. The molecule has 4 atom stereocenters. The van der Waals surface area contributed by atoms with Crippen LogP contribution >= 0.6 is 12.1 Å². The van der Waals surface area contributed by atoms with Crippen molar-refractivity contribution in [2.75, 3.05) is 34.2 Å². The van der Waals surface area contributed by atoms with E-state index in [4.69, 9.17) is 0 Å². The summed E-state index contributed by atoms with van der Waals surface area (Å²) in [5.74, 6) is 0.161. The van der Waals surface area contributed by atoms with Gasteiger partial charge in [0.1, 0.15) is 12.3 Å². The summed E-state index contributed by atoms with van der Waals surface area (Å²) in [5.41, 5.74) is -0.157. The lowest BCUT2D eigenvalue weighted by Gasteiger charge is -2.37. The normalized spacial score (nSPS) is 24.1. The van der Waals surface area contributed by atoms with Gasteiger partial charge in [-0.25, -0.2) is 13.4 Å². The minimum atomic E-state index is -0.590. The highest BCUT2D eigenvalue weighted by molar-refractivity contribution is 7.94. The molecule has 0 aromatic rings. The van der Waals surface area contributed by atoms with Crippen molar-refractivity contribution in [1.29, 1.82) is 0 Å². The van der Waals surface area contributed by atoms with Gasteiger partial charge in [0.25, 0.3) is 0 Å². The van der Waals surface area contributed by atoms with Crippen molar-refractivity contribution in [2.24, 2.45) is 17.3 Å². The number of hydrogen-bond acceptors (Lipinski definition) is 6. The molecule has 4 unspecified atom stereocenters. The fourth-order valence-electron chi connectivity index (χ4n) is 4.91. The Kier molecular flexibility index (Phi) is 10.5. The minimum absolute atomic E-state index is 0.105. The average Bonchev–Trinajstić information content (AvgIpc) is 3.10. The molecular formula is C24H45N5O3S. The quantitative estimate of drug-likeness (QED) is 0.387. The van der Waals surface area contributed by atoms with Gasteiger partial charge in [-0.1, -0.05) is 47.0 Å². The molecule has 33 heavy (non-hydrogen) atoms. The maximum atomic E-state index is 13.6. The first-order valence-electron chi connectivity index (χ1n) is 12.3. The summed E-state index contributed by atoms with van der Waals surface area (Å²) in [6.45, 7) is 9.58. The summed E-state index contributed by atoms with van der Waals surface area (Å²) in [6, 6.07) is -1.40. The molecule has 0 aromatic heterocycles. The van der Waals surface area contributed by atoms with E-state index in [0.29, 0.717) is 13.1 Å². The van der Waals surface area contributed by atoms with Crippen LogP contribution < -0.4 is 10.6 Å². The Bertz CT molecular complexity index is 663. The fourth-order valence-corrected chi connectivity index (χ4v) is 5.68. The van der Waals surface area contributed by atoms with Crippen molar-refractivity contribution in [2.45, 2.75) is 84.3 Å². The van der Waals surface area contributed by atoms with Crippen LogP contribution in [0.15, 0.2) is 0 Å². The van der Waals surface area contributed by atoms with Crippen LogP contribution in [-0.2, 0) is 9.59 Å². The molecule has 2 N–H and O–H groups in total. The van der Waals surface area contributed by atoms with Crippen molar-refractivity contribution in [3.8, 4) is 0 Å². The van der Waals surface area contributed by atoms with Crippen molar-refractivity contribution in [3.63, 3.8) is 0 Å². The van der Waals surface area contributed by atoms with Crippen molar-refractivity contribution in [1.82, 2.24) is 24.1 Å². The number of carbonyl (C=O) groups excluding carboxylic acids is 3. The van der Waals surface area contributed by atoms with Crippen LogP contribution in [0.2, 0.25) is 0 Å². The summed E-state index contributed by atoms with van der Waals surface area (Å²) in [6.07, 6.45) is 6.88. The summed E-state index contributed by atoms with van der Waals surface area (Å²) in [7, 11) is 5.98. The Labute approximate surface area is 204 Å². The molecule has 2 fully saturated rings. The maximum absolute atomic E-state index is 13.6. The van der Waals surface area contributed by atoms with Gasteiger partial charge in [0.2, 0.25) is 5.91 Å². The van der Waals surface area contributed by atoms with Crippen LogP contribution in [0.25, 0.3) is 0 Å². The first-order chi connectivity index (χ1) is 15.4. The topological polar surface area (TPSA) is 85.0 Å². The van der Waals surface area contributed by atoms with Gasteiger partial charge in [0.15, 0.2) is 0 Å². The summed E-state index contributed by atoms with van der Waals surface area (Å²) >= 11 is 1.59. The molecule has 2 aliphatic rings. The number of likely N-dealkylation sites (N-methyl/N-ethyl adjacent to an activating group) is 1. The highest BCUT2D eigenvalue weighted by Gasteiger charge is 2.41. The Hall–Kier alpha value is -1.32. The molecule has 1 saturated heterocycles. The highest BCUT2D eigenvalue weighted by Crippen LogP contribution is 2.30. The molecular weight excluding hydrogens is 438 g/mol. The van der Waals surface area contributed by atoms with Gasteiger partial charge < -0.3 is 20.3 Å². The lowest BCUT2D eigenvalue weighted by atomic mass is 9.83. The lowest BCUT2D eigenvalue weighted by molar-refractivity contribution is -0.138. The van der Waals surface area contributed by atoms with Crippen LogP contribution in [0, 0.1) is 17.3 Å².